The molecule has 8 nitrogen and oxygen atoms in total. The zero-order valence-corrected chi connectivity index (χ0v) is 21.5. The largest absolute Gasteiger partial charge is 0.444 e. The van der Waals surface area contributed by atoms with Gasteiger partial charge in [-0.2, -0.15) is 5.26 Å². The molecule has 0 aromatic heterocycles. The fourth-order valence-electron chi connectivity index (χ4n) is 5.66. The fourth-order valence-corrected chi connectivity index (χ4v) is 5.66. The lowest BCUT2D eigenvalue weighted by Gasteiger charge is -2.40. The highest BCUT2D eigenvalue weighted by molar-refractivity contribution is 5.86. The maximum Gasteiger partial charge on any atom is 0.408 e. The van der Waals surface area contributed by atoms with E-state index < -0.39 is 17.7 Å². The number of nitriles is 1. The van der Waals surface area contributed by atoms with Gasteiger partial charge in [0, 0.05) is 31.4 Å². The molecule has 1 unspecified atom stereocenters. The van der Waals surface area contributed by atoms with Crippen LogP contribution >= 0.6 is 0 Å². The van der Waals surface area contributed by atoms with E-state index in [0.717, 1.165) is 18.4 Å². The molecule has 5 atom stereocenters. The maximum atomic E-state index is 13.4. The van der Waals surface area contributed by atoms with Gasteiger partial charge >= 0.3 is 6.09 Å². The Morgan fingerprint density at radius 3 is 2.64 bits per heavy atom. The summed E-state index contributed by atoms with van der Waals surface area (Å²) in [7, 11) is 0. The third-order valence-corrected chi connectivity index (χ3v) is 7.36. The average molecular weight is 498 g/mol. The SMILES string of the molecule is C=C([C@H](CN1C[C@@H]2C[C@H]1C(=O)N2[C@@H](C)c1ccc(F)cc1)NC(=O)OC(C)(C)C)N1CCCC1C#N. The van der Waals surface area contributed by atoms with Gasteiger partial charge in [0.25, 0.3) is 0 Å². The fraction of sp³-hybridized carbons (Fsp3) is 0.593. The molecule has 0 radical (unpaired) electrons. The molecule has 0 spiro atoms. The van der Waals surface area contributed by atoms with Crippen molar-refractivity contribution in [1.29, 1.82) is 5.26 Å². The van der Waals surface area contributed by atoms with Gasteiger partial charge < -0.3 is 19.9 Å². The number of hydrogen-bond acceptors (Lipinski definition) is 6. The molecule has 0 saturated carbocycles. The summed E-state index contributed by atoms with van der Waals surface area (Å²) < 4.78 is 18.9. The van der Waals surface area contributed by atoms with Crippen LogP contribution in [0.3, 0.4) is 0 Å². The minimum atomic E-state index is -0.654. The first-order valence-corrected chi connectivity index (χ1v) is 12.6. The Balaban J connectivity index is 1.47. The number of likely N-dealkylation sites (tertiary alicyclic amines) is 3. The zero-order chi connectivity index (χ0) is 26.2. The minimum absolute atomic E-state index is 0.0386. The number of hydrogen-bond donors (Lipinski definition) is 1. The summed E-state index contributed by atoms with van der Waals surface area (Å²) in [5.41, 5.74) is 0.910. The van der Waals surface area contributed by atoms with E-state index in [2.05, 4.69) is 22.9 Å². The second-order valence-corrected chi connectivity index (χ2v) is 11.0. The van der Waals surface area contributed by atoms with Gasteiger partial charge in [-0.05, 0) is 64.7 Å². The van der Waals surface area contributed by atoms with Gasteiger partial charge in [0.1, 0.15) is 17.5 Å². The second kappa shape index (κ2) is 10.1. The summed E-state index contributed by atoms with van der Waals surface area (Å²) in [6, 6.07) is 7.44. The van der Waals surface area contributed by atoms with Crippen LogP contribution in [0.25, 0.3) is 0 Å². The van der Waals surface area contributed by atoms with Crippen molar-refractivity contribution < 1.29 is 18.7 Å². The van der Waals surface area contributed by atoms with Crippen molar-refractivity contribution in [2.75, 3.05) is 19.6 Å². The number of carbonyl (C=O) groups is 2. The van der Waals surface area contributed by atoms with E-state index in [1.807, 2.05) is 16.7 Å². The molecule has 2 amide bonds. The number of rotatable bonds is 7. The summed E-state index contributed by atoms with van der Waals surface area (Å²) in [6.45, 7) is 13.4. The van der Waals surface area contributed by atoms with Gasteiger partial charge in [-0.25, -0.2) is 9.18 Å². The number of piperazine rings is 1. The number of alkyl carbamates (subject to hydrolysis) is 1. The first-order valence-electron chi connectivity index (χ1n) is 12.6. The van der Waals surface area contributed by atoms with Crippen molar-refractivity contribution in [1.82, 2.24) is 20.0 Å². The topological polar surface area (TPSA) is 88.9 Å². The van der Waals surface area contributed by atoms with Crippen LogP contribution in [0.5, 0.6) is 0 Å². The van der Waals surface area contributed by atoms with Gasteiger partial charge in [0.15, 0.2) is 0 Å². The molecule has 1 aromatic rings. The Labute approximate surface area is 212 Å². The van der Waals surface area contributed by atoms with Gasteiger partial charge in [-0.1, -0.05) is 18.7 Å². The van der Waals surface area contributed by atoms with E-state index in [4.69, 9.17) is 4.74 Å². The van der Waals surface area contributed by atoms with Crippen molar-refractivity contribution in [3.8, 4) is 6.07 Å². The average Bonchev–Trinajstić information content (AvgIpc) is 3.51. The molecule has 0 aliphatic carbocycles. The summed E-state index contributed by atoms with van der Waals surface area (Å²) in [5.74, 6) is -0.257. The number of benzene rings is 1. The van der Waals surface area contributed by atoms with Crippen LogP contribution in [-0.2, 0) is 9.53 Å². The summed E-state index contributed by atoms with van der Waals surface area (Å²) >= 11 is 0. The van der Waals surface area contributed by atoms with Crippen LogP contribution in [0.1, 0.15) is 58.6 Å². The van der Waals surface area contributed by atoms with Crippen molar-refractivity contribution in [2.24, 2.45) is 0 Å². The molecule has 194 valence electrons. The van der Waals surface area contributed by atoms with Gasteiger partial charge in [0.05, 0.1) is 24.2 Å². The highest BCUT2D eigenvalue weighted by Crippen LogP contribution is 2.38. The Morgan fingerprint density at radius 1 is 1.33 bits per heavy atom. The summed E-state index contributed by atoms with van der Waals surface area (Å²) in [5, 5.41) is 12.5. The molecule has 2 bridgehead atoms. The Bertz CT molecular complexity index is 1050. The van der Waals surface area contributed by atoms with Crippen LogP contribution in [0.15, 0.2) is 36.5 Å². The van der Waals surface area contributed by atoms with Crippen LogP contribution in [0, 0.1) is 17.1 Å². The minimum Gasteiger partial charge on any atom is -0.444 e. The molecule has 1 N–H and O–H groups in total. The lowest BCUT2D eigenvalue weighted by Crippen LogP contribution is -2.56. The highest BCUT2D eigenvalue weighted by Gasteiger charge is 2.51. The van der Waals surface area contributed by atoms with Gasteiger partial charge in [-0.3, -0.25) is 9.69 Å². The number of halogens is 1. The number of amides is 2. The lowest BCUT2D eigenvalue weighted by atomic mass is 10.1. The molecule has 3 aliphatic heterocycles. The van der Waals surface area contributed by atoms with Crippen LogP contribution in [0.4, 0.5) is 9.18 Å². The predicted molar refractivity (Wildman–Crippen MR) is 133 cm³/mol. The zero-order valence-electron chi connectivity index (χ0n) is 21.5. The number of nitrogens with one attached hydrogen (secondary N) is 1. The number of carbonyl (C=O) groups excluding carboxylic acids is 2. The monoisotopic (exact) mass is 497 g/mol. The molecule has 3 fully saturated rings. The van der Waals surface area contributed by atoms with Gasteiger partial charge in [0.2, 0.25) is 5.91 Å². The van der Waals surface area contributed by atoms with Crippen molar-refractivity contribution in [3.63, 3.8) is 0 Å². The highest BCUT2D eigenvalue weighted by atomic mass is 19.1. The third-order valence-electron chi connectivity index (χ3n) is 7.36. The molecule has 9 heteroatoms. The quantitative estimate of drug-likeness (QED) is 0.620. The molecule has 3 aliphatic rings. The second-order valence-electron chi connectivity index (χ2n) is 11.0. The number of ether oxygens (including phenoxy) is 1. The van der Waals surface area contributed by atoms with Crippen molar-refractivity contribution >= 4 is 12.0 Å². The molecule has 1 aromatic carbocycles. The number of fused-ring (bicyclic) bond motifs is 2. The predicted octanol–water partition coefficient (Wildman–Crippen LogP) is 3.57. The molecular weight excluding hydrogens is 461 g/mol. The maximum absolute atomic E-state index is 13.4. The Kier molecular flexibility index (Phi) is 7.28. The molecule has 3 saturated heterocycles. The smallest absolute Gasteiger partial charge is 0.408 e. The summed E-state index contributed by atoms with van der Waals surface area (Å²) in [4.78, 5) is 32.0. The van der Waals surface area contributed by atoms with E-state index in [0.29, 0.717) is 31.8 Å². The van der Waals surface area contributed by atoms with E-state index >= 15 is 0 Å². The van der Waals surface area contributed by atoms with Gasteiger partial charge in [-0.15, -0.1) is 0 Å². The first kappa shape index (κ1) is 26.0. The van der Waals surface area contributed by atoms with E-state index in [1.165, 1.54) is 12.1 Å². The molecule has 4 rings (SSSR count). The van der Waals surface area contributed by atoms with Crippen molar-refractivity contribution in [3.05, 3.63) is 47.9 Å². The van der Waals surface area contributed by atoms with E-state index in [1.54, 1.807) is 32.9 Å². The Morgan fingerprint density at radius 2 is 2.03 bits per heavy atom. The van der Waals surface area contributed by atoms with Crippen LogP contribution in [-0.4, -0.2) is 76.1 Å². The molecule has 3 heterocycles. The van der Waals surface area contributed by atoms with Crippen LogP contribution in [0.2, 0.25) is 0 Å². The van der Waals surface area contributed by atoms with Crippen LogP contribution < -0.4 is 5.32 Å². The first-order chi connectivity index (χ1) is 17.0. The molecular formula is C27H36FN5O3. The van der Waals surface area contributed by atoms with Crippen molar-refractivity contribution in [2.45, 2.75) is 82.8 Å². The number of nitrogens with zero attached hydrogens (tertiary/aromatic N) is 4. The van der Waals surface area contributed by atoms with E-state index in [-0.39, 0.29) is 35.9 Å². The van der Waals surface area contributed by atoms with E-state index in [9.17, 15) is 19.2 Å². The Hall–Kier alpha value is -3.12. The third kappa shape index (κ3) is 5.34. The molecule has 36 heavy (non-hydrogen) atoms. The standard InChI is InChI=1S/C27H36FN5O3/c1-17(19-8-10-20(28)11-9-19)33-22-13-24(25(33)34)31(15-22)16-23(30-26(35)36-27(3,4)5)18(2)32-12-6-7-21(32)14-29/h8-11,17,21-24H,2,6-7,12-13,15-16H2,1,3-5H3,(H,30,35)/t17-,21?,22-,23-,24-/m0/s1. The summed E-state index contributed by atoms with van der Waals surface area (Å²) in [6.07, 6.45) is 1.81. The normalized spacial score (nSPS) is 25.6. The lowest BCUT2D eigenvalue weighted by molar-refractivity contribution is -0.139.